The van der Waals surface area contributed by atoms with Gasteiger partial charge < -0.3 is 4.74 Å². The summed E-state index contributed by atoms with van der Waals surface area (Å²) in [6.45, 7) is 0. The molecule has 0 aliphatic carbocycles. The normalized spacial score (nSPS) is 24.7. The van der Waals surface area contributed by atoms with E-state index in [4.69, 9.17) is 0 Å². The molecule has 0 bridgehead atoms. The molecule has 0 aromatic heterocycles. The van der Waals surface area contributed by atoms with E-state index in [2.05, 4.69) is 4.74 Å². The monoisotopic (exact) mass is 461 g/mol. The molecule has 0 saturated heterocycles. The van der Waals surface area contributed by atoms with Crippen LogP contribution >= 0.6 is 22.6 Å². The van der Waals surface area contributed by atoms with E-state index in [9.17, 15) is 26.4 Å². The minimum absolute atomic E-state index is 0.221. The van der Waals surface area contributed by atoms with Crippen molar-refractivity contribution >= 4 is 38.6 Å². The van der Waals surface area contributed by atoms with Crippen LogP contribution in [-0.2, 0) is 19.6 Å². The molecule has 0 amide bonds. The third kappa shape index (κ3) is 2.93. The minimum atomic E-state index is -4.84. The molecule has 2 unspecified atom stereocenters. The van der Waals surface area contributed by atoms with Crippen molar-refractivity contribution in [3.63, 3.8) is 0 Å². The number of hydrogen-bond acceptors (Lipinski definition) is 4. The van der Waals surface area contributed by atoms with E-state index < -0.39 is 31.6 Å². The van der Waals surface area contributed by atoms with E-state index in [1.807, 2.05) is 0 Å². The molecule has 0 spiro atoms. The van der Waals surface area contributed by atoms with Gasteiger partial charge in [0.2, 0.25) is 0 Å². The Bertz CT molecular complexity index is 735. The number of carbonyl (C=O) groups is 1. The third-order valence-corrected chi connectivity index (χ3v) is 6.61. The van der Waals surface area contributed by atoms with Crippen molar-refractivity contribution in [2.75, 3.05) is 7.11 Å². The van der Waals surface area contributed by atoms with Crippen molar-refractivity contribution in [2.24, 2.45) is 0 Å². The quantitative estimate of drug-likeness (QED) is 0.395. The van der Waals surface area contributed by atoms with E-state index in [0.717, 1.165) is 35.9 Å². The zero-order valence-corrected chi connectivity index (χ0v) is 14.6. The highest BCUT2D eigenvalue weighted by molar-refractivity contribution is 14.1. The Morgan fingerprint density at radius 1 is 1.30 bits per heavy atom. The van der Waals surface area contributed by atoms with Gasteiger partial charge in [0.25, 0.3) is 10.0 Å². The summed E-state index contributed by atoms with van der Waals surface area (Å²) in [7, 11) is -3.43. The Morgan fingerprint density at radius 3 is 2.35 bits per heavy atom. The fourth-order valence-corrected chi connectivity index (χ4v) is 4.51. The molecule has 1 aliphatic heterocycles. The minimum Gasteiger partial charge on any atom is -0.467 e. The maximum Gasteiger partial charge on any atom is 0.409 e. The van der Waals surface area contributed by atoms with Crippen molar-refractivity contribution in [1.82, 2.24) is 4.31 Å². The van der Waals surface area contributed by atoms with Crippen LogP contribution in [0, 0.1) is 0 Å². The van der Waals surface area contributed by atoms with Crippen molar-refractivity contribution in [3.05, 3.63) is 42.6 Å². The number of ether oxygens (including phenoxy) is 1. The highest BCUT2D eigenvalue weighted by Crippen LogP contribution is 2.48. The van der Waals surface area contributed by atoms with Gasteiger partial charge in [0, 0.05) is 6.20 Å². The van der Waals surface area contributed by atoms with Crippen LogP contribution in [0.15, 0.2) is 47.5 Å². The van der Waals surface area contributed by atoms with E-state index >= 15 is 0 Å². The average molecular weight is 461 g/mol. The topological polar surface area (TPSA) is 63.7 Å². The molecule has 0 saturated carbocycles. The first kappa shape index (κ1) is 18.0. The maximum absolute atomic E-state index is 13.4. The Kier molecular flexibility index (Phi) is 4.68. The van der Waals surface area contributed by atoms with Gasteiger partial charge in [0.1, 0.15) is 0 Å². The number of carbonyl (C=O) groups excluding carboxylic acids is 1. The van der Waals surface area contributed by atoms with Gasteiger partial charge in [-0.1, -0.05) is 40.8 Å². The van der Waals surface area contributed by atoms with Crippen molar-refractivity contribution in [3.8, 4) is 0 Å². The second-order valence-corrected chi connectivity index (χ2v) is 8.28. The van der Waals surface area contributed by atoms with Gasteiger partial charge >= 0.3 is 12.1 Å². The predicted octanol–water partition coefficient (Wildman–Crippen LogP) is 2.48. The molecule has 2 rings (SSSR count). The molecule has 126 valence electrons. The number of esters is 1. The number of benzene rings is 1. The Hall–Kier alpha value is -1.30. The molecule has 0 fully saturated rings. The van der Waals surface area contributed by atoms with Gasteiger partial charge in [-0.2, -0.15) is 13.2 Å². The van der Waals surface area contributed by atoms with Crippen molar-refractivity contribution < 1.29 is 31.1 Å². The molecular weight excluding hydrogens is 450 g/mol. The number of hydrogen-bond donors (Lipinski definition) is 0. The number of halogens is 4. The summed E-state index contributed by atoms with van der Waals surface area (Å²) in [5.41, 5.74) is 0. The van der Waals surface area contributed by atoms with E-state index in [1.165, 1.54) is 24.3 Å². The van der Waals surface area contributed by atoms with Crippen LogP contribution in [-0.4, -0.2) is 41.4 Å². The number of rotatable bonds is 3. The van der Waals surface area contributed by atoms with Crippen LogP contribution in [0.3, 0.4) is 0 Å². The van der Waals surface area contributed by atoms with Gasteiger partial charge in [-0.05, 0) is 18.2 Å². The molecule has 1 aliphatic rings. The summed E-state index contributed by atoms with van der Waals surface area (Å²) in [5, 5.41) is 0. The predicted molar refractivity (Wildman–Crippen MR) is 83.2 cm³/mol. The molecule has 1 heterocycles. The lowest BCUT2D eigenvalue weighted by atomic mass is 10.0. The molecule has 1 aromatic carbocycles. The van der Waals surface area contributed by atoms with Crippen LogP contribution in [0.4, 0.5) is 13.2 Å². The summed E-state index contributed by atoms with van der Waals surface area (Å²) >= 11 is 1.03. The fraction of sp³-hybridized carbons (Fsp3) is 0.308. The van der Waals surface area contributed by atoms with E-state index in [-0.39, 0.29) is 4.90 Å². The fourth-order valence-electron chi connectivity index (χ4n) is 2.11. The average Bonchev–Trinajstić information content (AvgIpc) is 2.87. The summed E-state index contributed by atoms with van der Waals surface area (Å²) in [6.07, 6.45) is -3.44. The number of sulfonamides is 1. The lowest BCUT2D eigenvalue weighted by Crippen LogP contribution is -2.56. The first-order valence-electron chi connectivity index (χ1n) is 6.17. The molecule has 1 aromatic rings. The van der Waals surface area contributed by atoms with Gasteiger partial charge in [0.05, 0.1) is 12.0 Å². The van der Waals surface area contributed by atoms with Gasteiger partial charge in [-0.25, -0.2) is 13.2 Å². The number of nitrogens with zero attached hydrogens (tertiary/aromatic N) is 1. The molecule has 0 radical (unpaired) electrons. The molecule has 5 nitrogen and oxygen atoms in total. The molecule has 2 atom stereocenters. The van der Waals surface area contributed by atoms with Gasteiger partial charge in [0.15, 0.2) is 9.46 Å². The summed E-state index contributed by atoms with van der Waals surface area (Å²) in [6, 6.07) is 4.83. The number of methoxy groups -OCH3 is 1. The summed E-state index contributed by atoms with van der Waals surface area (Å²) in [5.74, 6) is -1.29. The molecule has 0 N–H and O–H groups in total. The van der Waals surface area contributed by atoms with Crippen LogP contribution in [0.1, 0.15) is 0 Å². The van der Waals surface area contributed by atoms with Crippen LogP contribution in [0.25, 0.3) is 0 Å². The second kappa shape index (κ2) is 5.96. The van der Waals surface area contributed by atoms with Crippen LogP contribution < -0.4 is 0 Å². The van der Waals surface area contributed by atoms with E-state index in [1.54, 1.807) is 6.07 Å². The van der Waals surface area contributed by atoms with Gasteiger partial charge in [-0.15, -0.1) is 0 Å². The maximum atomic E-state index is 13.4. The highest BCUT2D eigenvalue weighted by atomic mass is 127. The molecule has 23 heavy (non-hydrogen) atoms. The Balaban J connectivity index is 2.56. The Morgan fingerprint density at radius 2 is 1.87 bits per heavy atom. The summed E-state index contributed by atoms with van der Waals surface area (Å²) in [4.78, 5) is 11.7. The lowest BCUT2D eigenvalue weighted by molar-refractivity contribution is -0.166. The van der Waals surface area contributed by atoms with Gasteiger partial charge in [-0.3, -0.25) is 4.31 Å². The SMILES string of the molecule is COC(=O)C1N(S(=O)(=O)c2ccccc2)C=CC1(I)C(F)(F)F. The zero-order valence-electron chi connectivity index (χ0n) is 11.6. The van der Waals surface area contributed by atoms with Crippen LogP contribution in [0.2, 0.25) is 0 Å². The Labute approximate surface area is 144 Å². The van der Waals surface area contributed by atoms with Crippen LogP contribution in [0.5, 0.6) is 0 Å². The van der Waals surface area contributed by atoms with E-state index in [0.29, 0.717) is 10.4 Å². The van der Waals surface area contributed by atoms with Crippen molar-refractivity contribution in [1.29, 1.82) is 0 Å². The summed E-state index contributed by atoms with van der Waals surface area (Å²) < 4.78 is 67.3. The second-order valence-electron chi connectivity index (χ2n) is 4.66. The largest absolute Gasteiger partial charge is 0.467 e. The third-order valence-electron chi connectivity index (χ3n) is 3.29. The highest BCUT2D eigenvalue weighted by Gasteiger charge is 2.65. The molecule has 10 heteroatoms. The first-order chi connectivity index (χ1) is 10.6. The number of alkyl halides is 4. The smallest absolute Gasteiger partial charge is 0.409 e. The first-order valence-corrected chi connectivity index (χ1v) is 8.69. The lowest BCUT2D eigenvalue weighted by Gasteiger charge is -2.33. The standard InChI is InChI=1S/C13H11F3INO4S/c1-22-11(19)10-12(17,13(14,15)16)7-8-18(10)23(20,21)9-5-3-2-4-6-9/h2-8,10H,1H3. The molecular formula is C13H11F3INO4S. The zero-order chi connectivity index (χ0) is 17.5. The van der Waals surface area contributed by atoms with Crippen molar-refractivity contribution in [2.45, 2.75) is 20.5 Å².